The van der Waals surface area contributed by atoms with Crippen molar-refractivity contribution in [1.82, 2.24) is 9.97 Å². The minimum Gasteiger partial charge on any atom is -0.320 e. The van der Waals surface area contributed by atoms with Crippen molar-refractivity contribution in [3.8, 4) is 11.8 Å². The van der Waals surface area contributed by atoms with E-state index in [4.69, 9.17) is 5.73 Å². The standard InChI is InChI=1S/C14H11FN4O/c15-11-3-4-12(10(8-11)2-1-5-16)19-14(20)13-9-17-6-7-18-13/h3-4,6-9H,5,16H2,(H,19,20). The first kappa shape index (κ1) is 13.6. The zero-order valence-electron chi connectivity index (χ0n) is 10.4. The molecule has 0 spiro atoms. The number of hydrogen-bond donors (Lipinski definition) is 2. The SMILES string of the molecule is NCC#Cc1cc(F)ccc1NC(=O)c1cnccn1. The summed E-state index contributed by atoms with van der Waals surface area (Å²) in [7, 11) is 0. The Morgan fingerprint density at radius 3 is 2.95 bits per heavy atom. The molecule has 3 N–H and O–H groups in total. The molecule has 0 aliphatic rings. The van der Waals surface area contributed by atoms with Gasteiger partial charge in [0.25, 0.3) is 5.91 Å². The van der Waals surface area contributed by atoms with Gasteiger partial charge in [-0.05, 0) is 18.2 Å². The summed E-state index contributed by atoms with van der Waals surface area (Å²) in [4.78, 5) is 19.6. The van der Waals surface area contributed by atoms with Gasteiger partial charge in [0.1, 0.15) is 11.5 Å². The summed E-state index contributed by atoms with van der Waals surface area (Å²) in [6, 6.07) is 3.90. The lowest BCUT2D eigenvalue weighted by molar-refractivity contribution is 0.102. The molecule has 100 valence electrons. The molecule has 1 heterocycles. The van der Waals surface area contributed by atoms with Crippen LogP contribution in [0, 0.1) is 17.7 Å². The van der Waals surface area contributed by atoms with Gasteiger partial charge < -0.3 is 11.1 Å². The smallest absolute Gasteiger partial charge is 0.275 e. The molecule has 0 bridgehead atoms. The lowest BCUT2D eigenvalue weighted by Gasteiger charge is -2.07. The number of amides is 1. The number of aromatic nitrogens is 2. The van der Waals surface area contributed by atoms with Crippen LogP contribution in [0.2, 0.25) is 0 Å². The van der Waals surface area contributed by atoms with Crippen molar-refractivity contribution in [2.24, 2.45) is 5.73 Å². The average Bonchev–Trinajstić information content (AvgIpc) is 2.48. The second-order valence-electron chi connectivity index (χ2n) is 3.74. The summed E-state index contributed by atoms with van der Waals surface area (Å²) < 4.78 is 13.2. The van der Waals surface area contributed by atoms with Crippen LogP contribution in [0.15, 0.2) is 36.8 Å². The average molecular weight is 270 g/mol. The van der Waals surface area contributed by atoms with E-state index in [0.717, 1.165) is 0 Å². The van der Waals surface area contributed by atoms with Crippen molar-refractivity contribution in [3.05, 3.63) is 53.9 Å². The molecular formula is C14H11FN4O. The quantitative estimate of drug-likeness (QED) is 0.803. The third kappa shape index (κ3) is 3.37. The van der Waals surface area contributed by atoms with E-state index >= 15 is 0 Å². The highest BCUT2D eigenvalue weighted by molar-refractivity contribution is 6.03. The van der Waals surface area contributed by atoms with Crippen LogP contribution in [0.4, 0.5) is 10.1 Å². The maximum absolute atomic E-state index is 13.2. The number of carbonyl (C=O) groups is 1. The maximum Gasteiger partial charge on any atom is 0.275 e. The summed E-state index contributed by atoms with van der Waals surface area (Å²) in [6.45, 7) is 0.147. The van der Waals surface area contributed by atoms with E-state index < -0.39 is 11.7 Å². The van der Waals surface area contributed by atoms with Crippen LogP contribution in [-0.2, 0) is 0 Å². The van der Waals surface area contributed by atoms with Crippen molar-refractivity contribution < 1.29 is 9.18 Å². The van der Waals surface area contributed by atoms with Crippen LogP contribution in [0.1, 0.15) is 16.1 Å². The molecule has 1 amide bonds. The van der Waals surface area contributed by atoms with Gasteiger partial charge in [0.2, 0.25) is 0 Å². The highest BCUT2D eigenvalue weighted by Crippen LogP contribution is 2.16. The molecule has 6 heteroatoms. The first-order chi connectivity index (χ1) is 9.70. The van der Waals surface area contributed by atoms with Gasteiger partial charge in [-0.1, -0.05) is 11.8 Å². The summed E-state index contributed by atoms with van der Waals surface area (Å²) in [6.07, 6.45) is 4.21. The Kier molecular flexibility index (Phi) is 4.37. The molecule has 5 nitrogen and oxygen atoms in total. The van der Waals surface area contributed by atoms with Gasteiger partial charge in [0, 0.05) is 12.4 Å². The summed E-state index contributed by atoms with van der Waals surface area (Å²) in [5.74, 6) is 4.44. The van der Waals surface area contributed by atoms with Crippen molar-refractivity contribution in [3.63, 3.8) is 0 Å². The Bertz CT molecular complexity index is 677. The minimum atomic E-state index is -0.444. The lowest BCUT2D eigenvalue weighted by atomic mass is 10.1. The molecule has 0 fully saturated rings. The normalized spacial score (nSPS) is 9.50. The zero-order chi connectivity index (χ0) is 14.4. The van der Waals surface area contributed by atoms with E-state index in [1.807, 2.05) is 0 Å². The van der Waals surface area contributed by atoms with Crippen LogP contribution >= 0.6 is 0 Å². The molecule has 0 unspecified atom stereocenters. The molecule has 20 heavy (non-hydrogen) atoms. The van der Waals surface area contributed by atoms with Gasteiger partial charge in [-0.25, -0.2) is 9.37 Å². The number of anilines is 1. The number of halogens is 1. The Hall–Kier alpha value is -2.78. The van der Waals surface area contributed by atoms with Crippen LogP contribution in [-0.4, -0.2) is 22.4 Å². The molecule has 2 rings (SSSR count). The Balaban J connectivity index is 2.27. The number of nitrogens with one attached hydrogen (secondary N) is 1. The predicted molar refractivity (Wildman–Crippen MR) is 72.3 cm³/mol. The number of hydrogen-bond acceptors (Lipinski definition) is 4. The molecular weight excluding hydrogens is 259 g/mol. The third-order valence-electron chi connectivity index (χ3n) is 2.35. The molecule has 1 aromatic heterocycles. The van der Waals surface area contributed by atoms with Crippen LogP contribution in [0.3, 0.4) is 0 Å². The number of rotatable bonds is 2. The molecule has 1 aromatic carbocycles. The van der Waals surface area contributed by atoms with E-state index in [1.165, 1.54) is 36.8 Å². The van der Waals surface area contributed by atoms with Crippen molar-refractivity contribution in [2.45, 2.75) is 0 Å². The molecule has 0 atom stereocenters. The maximum atomic E-state index is 13.2. The highest BCUT2D eigenvalue weighted by Gasteiger charge is 2.10. The monoisotopic (exact) mass is 270 g/mol. The van der Waals surface area contributed by atoms with Crippen LogP contribution in [0.25, 0.3) is 0 Å². The molecule has 0 aliphatic heterocycles. The second kappa shape index (κ2) is 6.41. The Morgan fingerprint density at radius 2 is 2.25 bits per heavy atom. The largest absolute Gasteiger partial charge is 0.320 e. The van der Waals surface area contributed by atoms with E-state index in [9.17, 15) is 9.18 Å². The summed E-state index contributed by atoms with van der Waals surface area (Å²) in [5.41, 5.74) is 6.19. The Morgan fingerprint density at radius 1 is 1.40 bits per heavy atom. The van der Waals surface area contributed by atoms with Crippen molar-refractivity contribution >= 4 is 11.6 Å². The van der Waals surface area contributed by atoms with E-state index in [-0.39, 0.29) is 12.2 Å². The van der Waals surface area contributed by atoms with E-state index in [1.54, 1.807) is 0 Å². The third-order valence-corrected chi connectivity index (χ3v) is 2.35. The van der Waals surface area contributed by atoms with Crippen LogP contribution < -0.4 is 11.1 Å². The summed E-state index contributed by atoms with van der Waals surface area (Å²) in [5, 5.41) is 2.61. The second-order valence-corrected chi connectivity index (χ2v) is 3.74. The number of nitrogens with zero attached hydrogens (tertiary/aromatic N) is 2. The fourth-order valence-corrected chi connectivity index (χ4v) is 1.48. The first-order valence-corrected chi connectivity index (χ1v) is 5.76. The molecule has 0 radical (unpaired) electrons. The summed E-state index contributed by atoms with van der Waals surface area (Å²) >= 11 is 0. The first-order valence-electron chi connectivity index (χ1n) is 5.76. The molecule has 0 saturated heterocycles. The van der Waals surface area contributed by atoms with E-state index in [0.29, 0.717) is 11.3 Å². The van der Waals surface area contributed by atoms with Gasteiger partial charge in [0.05, 0.1) is 24.0 Å². The zero-order valence-corrected chi connectivity index (χ0v) is 10.4. The molecule has 0 aliphatic carbocycles. The number of benzene rings is 1. The fraction of sp³-hybridized carbons (Fsp3) is 0.0714. The topological polar surface area (TPSA) is 80.9 Å². The minimum absolute atomic E-state index is 0.147. The molecule has 2 aromatic rings. The predicted octanol–water partition coefficient (Wildman–Crippen LogP) is 1.18. The van der Waals surface area contributed by atoms with Gasteiger partial charge >= 0.3 is 0 Å². The van der Waals surface area contributed by atoms with E-state index in [2.05, 4.69) is 27.1 Å². The van der Waals surface area contributed by atoms with Crippen LogP contribution in [0.5, 0.6) is 0 Å². The number of nitrogens with two attached hydrogens (primary N) is 1. The number of carbonyl (C=O) groups excluding carboxylic acids is 1. The van der Waals surface area contributed by atoms with Gasteiger partial charge in [-0.15, -0.1) is 0 Å². The van der Waals surface area contributed by atoms with Gasteiger partial charge in [0.15, 0.2) is 0 Å². The van der Waals surface area contributed by atoms with Gasteiger partial charge in [-0.3, -0.25) is 9.78 Å². The highest BCUT2D eigenvalue weighted by atomic mass is 19.1. The fourth-order valence-electron chi connectivity index (χ4n) is 1.48. The van der Waals surface area contributed by atoms with Crippen molar-refractivity contribution in [2.75, 3.05) is 11.9 Å². The van der Waals surface area contributed by atoms with Gasteiger partial charge in [-0.2, -0.15) is 0 Å². The van der Waals surface area contributed by atoms with Crippen molar-refractivity contribution in [1.29, 1.82) is 0 Å². The Labute approximate surface area is 115 Å². The lowest BCUT2D eigenvalue weighted by Crippen LogP contribution is -2.14. The molecule has 0 saturated carbocycles.